The highest BCUT2D eigenvalue weighted by atomic mass is 35.5. The van der Waals surface area contributed by atoms with Gasteiger partial charge in [-0.3, -0.25) is 14.5 Å². The Hall–Kier alpha value is -1.92. The van der Waals surface area contributed by atoms with Gasteiger partial charge in [-0.1, -0.05) is 42.5 Å². The van der Waals surface area contributed by atoms with E-state index < -0.39 is 0 Å². The van der Waals surface area contributed by atoms with Crippen molar-refractivity contribution in [3.8, 4) is 0 Å². The number of nitrogens with zero attached hydrogens (tertiary/aromatic N) is 3. The van der Waals surface area contributed by atoms with Gasteiger partial charge in [0.25, 0.3) is 11.7 Å². The fourth-order valence-electron chi connectivity index (χ4n) is 3.94. The second-order valence-corrected chi connectivity index (χ2v) is 7.26. The summed E-state index contributed by atoms with van der Waals surface area (Å²) in [7, 11) is 0. The number of anilines is 1. The molecule has 1 amide bonds. The van der Waals surface area contributed by atoms with Gasteiger partial charge in [-0.15, -0.1) is 24.8 Å². The van der Waals surface area contributed by atoms with E-state index in [2.05, 4.69) is 40.1 Å². The second kappa shape index (κ2) is 10.7. The fraction of sp³-hybridized carbons (Fsp3) is 0.364. The molecule has 2 heterocycles. The lowest BCUT2D eigenvalue weighted by atomic mass is 10.1. The molecule has 0 N–H and O–H groups in total. The number of piperazine rings is 1. The molecule has 156 valence electrons. The summed E-state index contributed by atoms with van der Waals surface area (Å²) in [6, 6.07) is 17.9. The molecule has 0 radical (unpaired) electrons. The van der Waals surface area contributed by atoms with Crippen molar-refractivity contribution in [2.75, 3.05) is 44.2 Å². The average Bonchev–Trinajstić information content (AvgIpc) is 2.95. The number of amides is 1. The first kappa shape index (κ1) is 23.4. The minimum atomic E-state index is -0.385. The number of benzene rings is 2. The highest BCUT2D eigenvalue weighted by Gasteiger charge is 2.34. The molecule has 0 unspecified atom stereocenters. The first-order valence-corrected chi connectivity index (χ1v) is 9.66. The number of halogens is 2. The number of hydrogen-bond acceptors (Lipinski definition) is 4. The zero-order chi connectivity index (χ0) is 18.6. The standard InChI is InChI=1S/C22H25N3O2.2ClH/c26-21-19-9-4-5-10-20(19)25(22(21)27)12-6-11-23-13-15-24(16-14-23)17-18-7-2-1-3-8-18;;/h1-5,7-10H,6,11-17H2;2*1H. The summed E-state index contributed by atoms with van der Waals surface area (Å²) in [5, 5.41) is 0. The fourth-order valence-corrected chi connectivity index (χ4v) is 3.94. The SMILES string of the molecule is Cl.Cl.O=C1C(=O)N(CCCN2CCN(Cc3ccccc3)CC2)c2ccccc21. The summed E-state index contributed by atoms with van der Waals surface area (Å²) < 4.78 is 0. The number of hydrogen-bond donors (Lipinski definition) is 0. The van der Waals surface area contributed by atoms with Crippen LogP contribution >= 0.6 is 24.8 Å². The van der Waals surface area contributed by atoms with Gasteiger partial charge in [-0.2, -0.15) is 0 Å². The molecule has 0 saturated carbocycles. The van der Waals surface area contributed by atoms with Crippen LogP contribution in [0.15, 0.2) is 54.6 Å². The molecule has 2 aliphatic rings. The largest absolute Gasteiger partial charge is 0.305 e. The van der Waals surface area contributed by atoms with Crippen LogP contribution in [0.1, 0.15) is 22.3 Å². The number of carbonyl (C=O) groups is 2. The lowest BCUT2D eigenvalue weighted by Crippen LogP contribution is -2.46. The first-order chi connectivity index (χ1) is 13.2. The molecular weight excluding hydrogens is 409 g/mol. The minimum Gasteiger partial charge on any atom is -0.305 e. The summed E-state index contributed by atoms with van der Waals surface area (Å²) in [5.74, 6) is -0.760. The van der Waals surface area contributed by atoms with Crippen LogP contribution in [0, 0.1) is 0 Å². The number of rotatable bonds is 6. The van der Waals surface area contributed by atoms with Crippen LogP contribution in [0.5, 0.6) is 0 Å². The van der Waals surface area contributed by atoms with Crippen molar-refractivity contribution >= 4 is 42.2 Å². The Morgan fingerprint density at radius 1 is 0.724 bits per heavy atom. The van der Waals surface area contributed by atoms with Gasteiger partial charge in [-0.05, 0) is 30.7 Å². The van der Waals surface area contributed by atoms with E-state index in [0.717, 1.165) is 51.4 Å². The Labute approximate surface area is 184 Å². The lowest BCUT2D eigenvalue weighted by molar-refractivity contribution is -0.114. The summed E-state index contributed by atoms with van der Waals surface area (Å²) in [6.45, 7) is 6.81. The number of para-hydroxylation sites is 1. The van der Waals surface area contributed by atoms with Gasteiger partial charge in [0.2, 0.25) is 0 Å². The van der Waals surface area contributed by atoms with Gasteiger partial charge in [0.05, 0.1) is 11.3 Å². The molecule has 0 atom stereocenters. The number of Topliss-reactive ketones (excluding diaryl/α,β-unsaturated/α-hetero) is 1. The Kier molecular flexibility index (Phi) is 8.65. The van der Waals surface area contributed by atoms with E-state index in [1.165, 1.54) is 5.56 Å². The van der Waals surface area contributed by atoms with E-state index in [4.69, 9.17) is 0 Å². The molecule has 29 heavy (non-hydrogen) atoms. The molecular formula is C22H27Cl2N3O2. The molecule has 4 rings (SSSR count). The summed E-state index contributed by atoms with van der Waals surface area (Å²) in [6.07, 6.45) is 0.881. The maximum absolute atomic E-state index is 12.2. The molecule has 2 aliphatic heterocycles. The van der Waals surface area contributed by atoms with Gasteiger partial charge in [0.15, 0.2) is 0 Å². The molecule has 7 heteroatoms. The van der Waals surface area contributed by atoms with Gasteiger partial charge in [-0.25, -0.2) is 0 Å². The first-order valence-electron chi connectivity index (χ1n) is 9.66. The Bertz CT molecular complexity index is 824. The van der Waals surface area contributed by atoms with Crippen LogP contribution in [-0.2, 0) is 11.3 Å². The zero-order valence-electron chi connectivity index (χ0n) is 16.3. The molecule has 1 fully saturated rings. The van der Waals surface area contributed by atoms with Crippen molar-refractivity contribution in [3.05, 3.63) is 65.7 Å². The third-order valence-electron chi connectivity index (χ3n) is 5.45. The van der Waals surface area contributed by atoms with Gasteiger partial charge >= 0.3 is 0 Å². The van der Waals surface area contributed by atoms with Crippen molar-refractivity contribution in [1.29, 1.82) is 0 Å². The number of ketones is 1. The van der Waals surface area contributed by atoms with E-state index in [1.54, 1.807) is 11.0 Å². The van der Waals surface area contributed by atoms with Crippen LogP contribution in [0.25, 0.3) is 0 Å². The van der Waals surface area contributed by atoms with E-state index in [-0.39, 0.29) is 36.5 Å². The number of carbonyl (C=O) groups excluding carboxylic acids is 2. The maximum Gasteiger partial charge on any atom is 0.299 e. The van der Waals surface area contributed by atoms with E-state index in [1.807, 2.05) is 18.2 Å². The third kappa shape index (κ3) is 5.37. The summed E-state index contributed by atoms with van der Waals surface area (Å²) in [5.41, 5.74) is 2.67. The van der Waals surface area contributed by atoms with Crippen LogP contribution in [-0.4, -0.2) is 60.8 Å². The second-order valence-electron chi connectivity index (χ2n) is 7.26. The molecule has 1 saturated heterocycles. The van der Waals surface area contributed by atoms with Crippen LogP contribution in [0.3, 0.4) is 0 Å². The summed E-state index contributed by atoms with van der Waals surface area (Å²) in [4.78, 5) is 30.9. The van der Waals surface area contributed by atoms with Gasteiger partial charge in [0.1, 0.15) is 0 Å². The Morgan fingerprint density at radius 3 is 2.07 bits per heavy atom. The molecule has 2 aromatic carbocycles. The lowest BCUT2D eigenvalue weighted by Gasteiger charge is -2.35. The van der Waals surface area contributed by atoms with Crippen LogP contribution in [0.4, 0.5) is 5.69 Å². The Balaban J connectivity index is 0.00000150. The molecule has 0 bridgehead atoms. The van der Waals surface area contributed by atoms with E-state index in [0.29, 0.717) is 12.1 Å². The topological polar surface area (TPSA) is 43.9 Å². The zero-order valence-corrected chi connectivity index (χ0v) is 18.0. The average molecular weight is 436 g/mol. The van der Waals surface area contributed by atoms with Crippen molar-refractivity contribution in [1.82, 2.24) is 9.80 Å². The van der Waals surface area contributed by atoms with Crippen molar-refractivity contribution in [2.45, 2.75) is 13.0 Å². The highest BCUT2D eigenvalue weighted by Crippen LogP contribution is 2.28. The van der Waals surface area contributed by atoms with Crippen molar-refractivity contribution < 1.29 is 9.59 Å². The quantitative estimate of drug-likeness (QED) is 0.653. The molecule has 0 spiro atoms. The monoisotopic (exact) mass is 435 g/mol. The Morgan fingerprint density at radius 2 is 1.34 bits per heavy atom. The number of fused-ring (bicyclic) bond motifs is 1. The predicted octanol–water partition coefficient (Wildman–Crippen LogP) is 3.27. The molecule has 5 nitrogen and oxygen atoms in total. The smallest absolute Gasteiger partial charge is 0.299 e. The minimum absolute atomic E-state index is 0. The van der Waals surface area contributed by atoms with E-state index >= 15 is 0 Å². The van der Waals surface area contributed by atoms with Crippen molar-refractivity contribution in [2.24, 2.45) is 0 Å². The third-order valence-corrected chi connectivity index (χ3v) is 5.45. The van der Waals surface area contributed by atoms with Crippen LogP contribution in [0.2, 0.25) is 0 Å². The predicted molar refractivity (Wildman–Crippen MR) is 120 cm³/mol. The van der Waals surface area contributed by atoms with Crippen molar-refractivity contribution in [3.63, 3.8) is 0 Å². The highest BCUT2D eigenvalue weighted by molar-refractivity contribution is 6.52. The molecule has 0 aliphatic carbocycles. The van der Waals surface area contributed by atoms with Gasteiger partial charge in [0, 0.05) is 39.3 Å². The van der Waals surface area contributed by atoms with Gasteiger partial charge < -0.3 is 9.80 Å². The molecule has 2 aromatic rings. The normalized spacial score (nSPS) is 16.9. The molecule has 0 aromatic heterocycles. The maximum atomic E-state index is 12.2. The summed E-state index contributed by atoms with van der Waals surface area (Å²) >= 11 is 0. The van der Waals surface area contributed by atoms with Crippen LogP contribution < -0.4 is 4.90 Å². The van der Waals surface area contributed by atoms with E-state index in [9.17, 15) is 9.59 Å².